The van der Waals surface area contributed by atoms with E-state index in [0.29, 0.717) is 37.1 Å². The maximum atomic E-state index is 13.6. The van der Waals surface area contributed by atoms with E-state index in [9.17, 15) is 28.6 Å². The molecular formula is C29H26F2N2O5. The van der Waals surface area contributed by atoms with Gasteiger partial charge >= 0.3 is 5.63 Å². The summed E-state index contributed by atoms with van der Waals surface area (Å²) in [4.78, 5) is 29.7. The standard InChI is InChI=1S/C29H26F2N2O5/c1-17-22-10-11-24(34)27(36)28(22)38-29(37)23(17)16-25(35)32-12-14-33(15-13-32)26(18-2-6-20(30)7-3-18)19-4-8-21(31)9-5-19/h2-11,26,34,36H,12-16H2,1H3. The van der Waals surface area contributed by atoms with Crippen molar-refractivity contribution in [1.82, 2.24) is 9.80 Å². The fourth-order valence-corrected chi connectivity index (χ4v) is 5.03. The lowest BCUT2D eigenvalue weighted by Gasteiger charge is -2.40. The predicted molar refractivity (Wildman–Crippen MR) is 137 cm³/mol. The molecule has 9 heteroatoms. The number of piperazine rings is 1. The van der Waals surface area contributed by atoms with Crippen LogP contribution in [0.3, 0.4) is 0 Å². The summed E-state index contributed by atoms with van der Waals surface area (Å²) in [5.41, 5.74) is 1.56. The molecule has 4 aromatic rings. The average Bonchev–Trinajstić information content (AvgIpc) is 2.91. The summed E-state index contributed by atoms with van der Waals surface area (Å²) in [6, 6.07) is 15.0. The molecule has 1 aromatic heterocycles. The molecule has 196 valence electrons. The van der Waals surface area contributed by atoms with E-state index in [1.165, 1.54) is 36.4 Å². The normalized spacial score (nSPS) is 14.4. The van der Waals surface area contributed by atoms with E-state index in [4.69, 9.17) is 4.42 Å². The molecule has 0 aliphatic carbocycles. The molecule has 0 bridgehead atoms. The first-order valence-electron chi connectivity index (χ1n) is 12.2. The molecule has 0 atom stereocenters. The largest absolute Gasteiger partial charge is 0.504 e. The van der Waals surface area contributed by atoms with Crippen molar-refractivity contribution in [2.75, 3.05) is 26.2 Å². The van der Waals surface area contributed by atoms with Crippen molar-refractivity contribution < 1.29 is 28.2 Å². The molecule has 0 spiro atoms. The lowest BCUT2D eigenvalue weighted by molar-refractivity contribution is -0.132. The Morgan fingerprint density at radius 1 is 0.895 bits per heavy atom. The molecule has 5 rings (SSSR count). The minimum absolute atomic E-state index is 0.120. The van der Waals surface area contributed by atoms with Crippen LogP contribution in [0.25, 0.3) is 11.0 Å². The molecule has 1 aliphatic heterocycles. The third-order valence-electron chi connectivity index (χ3n) is 7.14. The van der Waals surface area contributed by atoms with Crippen molar-refractivity contribution >= 4 is 16.9 Å². The second-order valence-electron chi connectivity index (χ2n) is 9.40. The smallest absolute Gasteiger partial charge is 0.340 e. The van der Waals surface area contributed by atoms with Gasteiger partial charge in [0.25, 0.3) is 0 Å². The van der Waals surface area contributed by atoms with E-state index in [0.717, 1.165) is 11.1 Å². The van der Waals surface area contributed by atoms with Gasteiger partial charge in [0.2, 0.25) is 11.7 Å². The van der Waals surface area contributed by atoms with Gasteiger partial charge < -0.3 is 19.5 Å². The molecule has 3 aromatic carbocycles. The van der Waals surface area contributed by atoms with Crippen molar-refractivity contribution in [3.8, 4) is 11.5 Å². The molecule has 1 saturated heterocycles. The van der Waals surface area contributed by atoms with Gasteiger partial charge in [0, 0.05) is 31.6 Å². The minimum Gasteiger partial charge on any atom is -0.504 e. The first-order chi connectivity index (χ1) is 18.2. The van der Waals surface area contributed by atoms with Crippen LogP contribution in [0.1, 0.15) is 28.3 Å². The Bertz CT molecular complexity index is 1500. The van der Waals surface area contributed by atoms with Gasteiger partial charge in [-0.25, -0.2) is 13.6 Å². The highest BCUT2D eigenvalue weighted by Crippen LogP contribution is 2.35. The quantitative estimate of drug-likeness (QED) is 0.302. The van der Waals surface area contributed by atoms with Crippen LogP contribution in [0.4, 0.5) is 8.78 Å². The Kier molecular flexibility index (Phi) is 6.86. The lowest BCUT2D eigenvalue weighted by Crippen LogP contribution is -2.50. The van der Waals surface area contributed by atoms with Crippen LogP contribution in [0, 0.1) is 18.6 Å². The summed E-state index contributed by atoms with van der Waals surface area (Å²) < 4.78 is 32.4. The SMILES string of the molecule is Cc1c(CC(=O)N2CCN(C(c3ccc(F)cc3)c3ccc(F)cc3)CC2)c(=O)oc2c(O)c(O)ccc12. The number of hydrogen-bond acceptors (Lipinski definition) is 6. The number of carbonyl (C=O) groups excluding carboxylic acids is 1. The fourth-order valence-electron chi connectivity index (χ4n) is 5.03. The van der Waals surface area contributed by atoms with Gasteiger partial charge in [-0.3, -0.25) is 9.69 Å². The van der Waals surface area contributed by atoms with Crippen molar-refractivity contribution in [3.05, 3.63) is 105 Å². The van der Waals surface area contributed by atoms with Gasteiger partial charge in [-0.1, -0.05) is 24.3 Å². The van der Waals surface area contributed by atoms with Crippen molar-refractivity contribution in [2.45, 2.75) is 19.4 Å². The van der Waals surface area contributed by atoms with Gasteiger partial charge in [-0.15, -0.1) is 0 Å². The molecule has 2 heterocycles. The molecule has 0 radical (unpaired) electrons. The van der Waals surface area contributed by atoms with Crippen LogP contribution in [-0.2, 0) is 11.2 Å². The van der Waals surface area contributed by atoms with Crippen LogP contribution in [-0.4, -0.2) is 52.1 Å². The van der Waals surface area contributed by atoms with Gasteiger partial charge in [-0.05, 0) is 60.0 Å². The van der Waals surface area contributed by atoms with Crippen LogP contribution in [0.2, 0.25) is 0 Å². The van der Waals surface area contributed by atoms with E-state index in [1.807, 2.05) is 0 Å². The predicted octanol–water partition coefficient (Wildman–Crippen LogP) is 4.27. The molecule has 7 nitrogen and oxygen atoms in total. The second kappa shape index (κ2) is 10.3. The molecular weight excluding hydrogens is 494 g/mol. The number of phenolic OH excluding ortho intramolecular Hbond substituents is 2. The van der Waals surface area contributed by atoms with E-state index in [2.05, 4.69) is 4.90 Å². The molecule has 0 unspecified atom stereocenters. The number of benzene rings is 3. The third kappa shape index (κ3) is 4.84. The molecule has 1 aliphatic rings. The first-order valence-corrected chi connectivity index (χ1v) is 12.2. The zero-order valence-electron chi connectivity index (χ0n) is 20.7. The summed E-state index contributed by atoms with van der Waals surface area (Å²) in [6.45, 7) is 3.52. The maximum Gasteiger partial charge on any atom is 0.340 e. The summed E-state index contributed by atoms with van der Waals surface area (Å²) in [5, 5.41) is 20.2. The average molecular weight is 521 g/mol. The van der Waals surface area contributed by atoms with E-state index < -0.39 is 17.1 Å². The lowest BCUT2D eigenvalue weighted by atomic mass is 9.96. The van der Waals surface area contributed by atoms with Gasteiger partial charge in [0.15, 0.2) is 11.3 Å². The van der Waals surface area contributed by atoms with E-state index in [1.54, 1.807) is 36.1 Å². The second-order valence-corrected chi connectivity index (χ2v) is 9.40. The number of aryl methyl sites for hydroxylation is 1. The molecule has 1 fully saturated rings. The molecule has 1 amide bonds. The highest BCUT2D eigenvalue weighted by atomic mass is 19.1. The highest BCUT2D eigenvalue weighted by Gasteiger charge is 2.29. The third-order valence-corrected chi connectivity index (χ3v) is 7.14. The number of nitrogens with zero attached hydrogens (tertiary/aromatic N) is 2. The van der Waals surface area contributed by atoms with Crippen molar-refractivity contribution in [3.63, 3.8) is 0 Å². The number of rotatable bonds is 5. The monoisotopic (exact) mass is 520 g/mol. The number of carbonyl (C=O) groups is 1. The Morgan fingerprint density at radius 2 is 1.45 bits per heavy atom. The molecule has 38 heavy (non-hydrogen) atoms. The van der Waals surface area contributed by atoms with Crippen LogP contribution in [0.15, 0.2) is 69.9 Å². The fraction of sp³-hybridized carbons (Fsp3) is 0.241. The Hall–Kier alpha value is -4.24. The highest BCUT2D eigenvalue weighted by molar-refractivity contribution is 5.89. The number of hydrogen-bond donors (Lipinski definition) is 2. The Balaban J connectivity index is 1.34. The van der Waals surface area contributed by atoms with Crippen LogP contribution >= 0.6 is 0 Å². The number of amides is 1. The zero-order valence-corrected chi connectivity index (χ0v) is 20.7. The summed E-state index contributed by atoms with van der Waals surface area (Å²) in [7, 11) is 0. The van der Waals surface area contributed by atoms with Gasteiger partial charge in [-0.2, -0.15) is 0 Å². The van der Waals surface area contributed by atoms with Crippen LogP contribution in [0.5, 0.6) is 11.5 Å². The van der Waals surface area contributed by atoms with Crippen LogP contribution < -0.4 is 5.63 Å². The maximum absolute atomic E-state index is 13.6. The Morgan fingerprint density at radius 3 is 2.00 bits per heavy atom. The topological polar surface area (TPSA) is 94.2 Å². The number of aromatic hydroxyl groups is 2. The van der Waals surface area contributed by atoms with E-state index in [-0.39, 0.29) is 41.2 Å². The zero-order chi connectivity index (χ0) is 27.0. The van der Waals surface area contributed by atoms with Gasteiger partial charge in [0.1, 0.15) is 11.6 Å². The minimum atomic E-state index is -0.740. The van der Waals surface area contributed by atoms with Gasteiger partial charge in [0.05, 0.1) is 18.0 Å². The Labute approximate surface area is 217 Å². The number of phenols is 2. The van der Waals surface area contributed by atoms with E-state index >= 15 is 0 Å². The number of fused-ring (bicyclic) bond motifs is 1. The number of halogens is 2. The summed E-state index contributed by atoms with van der Waals surface area (Å²) >= 11 is 0. The van der Waals surface area contributed by atoms with Crippen molar-refractivity contribution in [2.24, 2.45) is 0 Å². The molecule has 0 saturated carbocycles. The first kappa shape index (κ1) is 25.4. The summed E-state index contributed by atoms with van der Waals surface area (Å²) in [5.74, 6) is -1.85. The molecule has 2 N–H and O–H groups in total. The van der Waals surface area contributed by atoms with Crippen molar-refractivity contribution in [1.29, 1.82) is 0 Å². The summed E-state index contributed by atoms with van der Waals surface area (Å²) in [6.07, 6.45) is -0.162.